The van der Waals surface area contributed by atoms with E-state index in [1.165, 1.54) is 6.42 Å². The molecule has 0 rings (SSSR count). The highest BCUT2D eigenvalue weighted by Gasteiger charge is 2.13. The molecule has 0 aromatic rings. The van der Waals surface area contributed by atoms with Crippen LogP contribution in [0.1, 0.15) is 33.1 Å². The molecule has 0 fully saturated rings. The van der Waals surface area contributed by atoms with E-state index in [1.54, 1.807) is 13.0 Å². The number of allylic oxidation sites excluding steroid dienone is 1. The van der Waals surface area contributed by atoms with Crippen molar-refractivity contribution in [2.24, 2.45) is 0 Å². The maximum absolute atomic E-state index is 11.0. The molecule has 78 valence electrons. The molecule has 0 spiro atoms. The van der Waals surface area contributed by atoms with Gasteiger partial charge >= 0.3 is 7.60 Å². The molecule has 0 amide bonds. The second-order valence-electron chi connectivity index (χ2n) is 2.86. The quantitative estimate of drug-likeness (QED) is 0.395. The minimum atomic E-state index is -3.28. The van der Waals surface area contributed by atoms with E-state index in [2.05, 4.69) is 6.92 Å². The topological polar surface area (TPSA) is 46.5 Å². The normalized spacial score (nSPS) is 16.2. The number of hydrogen-bond acceptors (Lipinski definition) is 2. The summed E-state index contributed by atoms with van der Waals surface area (Å²) in [4.78, 5) is 9.03. The van der Waals surface area contributed by atoms with Crippen molar-refractivity contribution in [1.29, 1.82) is 0 Å². The van der Waals surface area contributed by atoms with Gasteiger partial charge in [0.2, 0.25) is 0 Å². The molecule has 3 nitrogen and oxygen atoms in total. The Morgan fingerprint density at radius 2 is 2.08 bits per heavy atom. The van der Waals surface area contributed by atoms with Crippen molar-refractivity contribution >= 4 is 7.60 Å². The van der Waals surface area contributed by atoms with Gasteiger partial charge in [0.1, 0.15) is 0 Å². The molecule has 1 unspecified atom stereocenters. The van der Waals surface area contributed by atoms with Gasteiger partial charge in [-0.05, 0) is 6.42 Å². The smallest absolute Gasteiger partial charge is 0.324 e. The Bertz CT molecular complexity index is 189. The monoisotopic (exact) mass is 206 g/mol. The Balaban J connectivity index is 3.44. The van der Waals surface area contributed by atoms with Crippen LogP contribution in [0.3, 0.4) is 0 Å². The molecule has 13 heavy (non-hydrogen) atoms. The van der Waals surface area contributed by atoms with Gasteiger partial charge in [0.25, 0.3) is 0 Å². The summed E-state index contributed by atoms with van der Waals surface area (Å²) < 4.78 is 15.8. The minimum Gasteiger partial charge on any atom is -0.324 e. The average Bonchev–Trinajstić information content (AvgIpc) is 2.11. The largest absolute Gasteiger partial charge is 0.328 e. The lowest BCUT2D eigenvalue weighted by Gasteiger charge is -2.06. The highest BCUT2D eigenvalue weighted by atomic mass is 31.2. The second-order valence-corrected chi connectivity index (χ2v) is 5.03. The van der Waals surface area contributed by atoms with Gasteiger partial charge in [0.05, 0.1) is 6.61 Å². The molecule has 0 saturated carbocycles. The van der Waals surface area contributed by atoms with Gasteiger partial charge in [-0.15, -0.1) is 0 Å². The first-order valence-corrected chi connectivity index (χ1v) is 6.50. The van der Waals surface area contributed by atoms with Crippen LogP contribution in [0.25, 0.3) is 0 Å². The summed E-state index contributed by atoms with van der Waals surface area (Å²) in [5.41, 5.74) is 0. The van der Waals surface area contributed by atoms with E-state index < -0.39 is 7.60 Å². The molecule has 0 saturated heterocycles. The molecule has 0 aliphatic rings. The van der Waals surface area contributed by atoms with Crippen molar-refractivity contribution in [2.45, 2.75) is 33.1 Å². The van der Waals surface area contributed by atoms with Gasteiger partial charge in [-0.25, -0.2) is 0 Å². The average molecular weight is 206 g/mol. The summed E-state index contributed by atoms with van der Waals surface area (Å²) in [5, 5.41) is 0. The number of unbranched alkanes of at least 4 members (excludes halogenated alkanes) is 2. The molecule has 0 aromatic carbocycles. The SMILES string of the molecule is CCCCC=CCOP(=O)(O)CC. The van der Waals surface area contributed by atoms with Crippen molar-refractivity contribution in [3.63, 3.8) is 0 Å². The fraction of sp³-hybridized carbons (Fsp3) is 0.778. The van der Waals surface area contributed by atoms with E-state index in [4.69, 9.17) is 9.42 Å². The second kappa shape index (κ2) is 7.31. The highest BCUT2D eigenvalue weighted by Crippen LogP contribution is 2.40. The van der Waals surface area contributed by atoms with Crippen molar-refractivity contribution in [1.82, 2.24) is 0 Å². The van der Waals surface area contributed by atoms with Gasteiger partial charge < -0.3 is 9.42 Å². The molecule has 0 bridgehead atoms. The molecule has 0 aliphatic carbocycles. The lowest BCUT2D eigenvalue weighted by Crippen LogP contribution is -1.91. The Kier molecular flexibility index (Phi) is 7.25. The fourth-order valence-electron chi connectivity index (χ4n) is 0.759. The van der Waals surface area contributed by atoms with Crippen LogP contribution in [0.4, 0.5) is 0 Å². The van der Waals surface area contributed by atoms with Crippen molar-refractivity contribution in [2.75, 3.05) is 12.8 Å². The summed E-state index contributed by atoms with van der Waals surface area (Å²) in [6.07, 6.45) is 7.30. The van der Waals surface area contributed by atoms with Crippen LogP contribution in [0.2, 0.25) is 0 Å². The van der Waals surface area contributed by atoms with E-state index in [9.17, 15) is 4.57 Å². The van der Waals surface area contributed by atoms with Gasteiger partial charge in [0, 0.05) is 6.16 Å². The zero-order valence-corrected chi connectivity index (χ0v) is 9.30. The minimum absolute atomic E-state index is 0.176. The number of hydrogen-bond donors (Lipinski definition) is 1. The van der Waals surface area contributed by atoms with E-state index in [0.29, 0.717) is 0 Å². The van der Waals surface area contributed by atoms with Crippen LogP contribution in [0.5, 0.6) is 0 Å². The Morgan fingerprint density at radius 1 is 1.38 bits per heavy atom. The first kappa shape index (κ1) is 12.9. The van der Waals surface area contributed by atoms with E-state index in [0.717, 1.165) is 12.8 Å². The van der Waals surface area contributed by atoms with E-state index >= 15 is 0 Å². The van der Waals surface area contributed by atoms with Crippen molar-refractivity contribution in [3.05, 3.63) is 12.2 Å². The van der Waals surface area contributed by atoms with E-state index in [1.807, 2.05) is 6.08 Å². The fourth-order valence-corrected chi connectivity index (χ4v) is 1.26. The van der Waals surface area contributed by atoms with Crippen LogP contribution in [0.15, 0.2) is 12.2 Å². The number of rotatable bonds is 7. The maximum Gasteiger partial charge on any atom is 0.328 e. The molecular weight excluding hydrogens is 187 g/mol. The Morgan fingerprint density at radius 3 is 2.62 bits per heavy atom. The van der Waals surface area contributed by atoms with Crippen molar-refractivity contribution in [3.8, 4) is 0 Å². The maximum atomic E-state index is 11.0. The molecule has 0 aromatic heterocycles. The Labute approximate surface area is 80.3 Å². The van der Waals surface area contributed by atoms with Gasteiger partial charge in [-0.1, -0.05) is 38.8 Å². The van der Waals surface area contributed by atoms with Crippen LogP contribution in [-0.2, 0) is 9.09 Å². The third-order valence-electron chi connectivity index (χ3n) is 1.66. The highest BCUT2D eigenvalue weighted by molar-refractivity contribution is 7.52. The molecule has 0 aliphatic heterocycles. The van der Waals surface area contributed by atoms with Gasteiger partial charge in [-0.2, -0.15) is 0 Å². The first-order valence-electron chi connectivity index (χ1n) is 4.73. The molecule has 0 heterocycles. The molecule has 0 radical (unpaired) electrons. The summed E-state index contributed by atoms with van der Waals surface area (Å²) >= 11 is 0. The van der Waals surface area contributed by atoms with Gasteiger partial charge in [-0.3, -0.25) is 4.57 Å². The van der Waals surface area contributed by atoms with Crippen LogP contribution < -0.4 is 0 Å². The molecule has 1 N–H and O–H groups in total. The third kappa shape index (κ3) is 8.23. The lowest BCUT2D eigenvalue weighted by atomic mass is 10.2. The summed E-state index contributed by atoms with van der Waals surface area (Å²) in [6, 6.07) is 0. The lowest BCUT2D eigenvalue weighted by molar-refractivity contribution is 0.288. The summed E-state index contributed by atoms with van der Waals surface area (Å²) in [6.45, 7) is 4.01. The molecule has 4 heteroatoms. The van der Waals surface area contributed by atoms with Crippen molar-refractivity contribution < 1.29 is 14.0 Å². The Hall–Kier alpha value is -0.110. The summed E-state index contributed by atoms with van der Waals surface area (Å²) in [7, 11) is -3.28. The zero-order valence-electron chi connectivity index (χ0n) is 8.40. The van der Waals surface area contributed by atoms with Crippen LogP contribution in [-0.4, -0.2) is 17.7 Å². The standard InChI is InChI=1S/C9H19O3P/c1-3-5-6-7-8-9-12-13(10,11)4-2/h7-8H,3-6,9H2,1-2H3,(H,10,11). The molecular formula is C9H19O3P. The van der Waals surface area contributed by atoms with Gasteiger partial charge in [0.15, 0.2) is 0 Å². The summed E-state index contributed by atoms with van der Waals surface area (Å²) in [5.74, 6) is 0. The van der Waals surface area contributed by atoms with Crippen LogP contribution >= 0.6 is 7.60 Å². The third-order valence-corrected chi connectivity index (χ3v) is 3.01. The molecule has 1 atom stereocenters. The predicted molar refractivity (Wildman–Crippen MR) is 55.0 cm³/mol. The first-order chi connectivity index (χ1) is 6.12. The zero-order chi connectivity index (χ0) is 10.2. The van der Waals surface area contributed by atoms with E-state index in [-0.39, 0.29) is 12.8 Å². The van der Waals surface area contributed by atoms with Crippen LogP contribution in [0, 0.1) is 0 Å². The predicted octanol–water partition coefficient (Wildman–Crippen LogP) is 2.95.